The number of hydrogen-bond acceptors (Lipinski definition) is 1. The molecule has 1 spiro atoms. The average molecular weight is 738 g/mol. The summed E-state index contributed by atoms with van der Waals surface area (Å²) in [5, 5.41) is 7.66. The van der Waals surface area contributed by atoms with Crippen molar-refractivity contribution < 1.29 is 0 Å². The van der Waals surface area contributed by atoms with Crippen molar-refractivity contribution in [3.05, 3.63) is 234 Å². The van der Waals surface area contributed by atoms with Crippen LogP contribution >= 0.6 is 0 Å². The standard InChI is InChI=1S/C57H39N/c1-36-32-39(38-16-4-3-5-17-38)33-37(2)56(36)58(40-28-30-46-44-20-7-6-18-42(44)43-19-8-9-21-45(43)51(46)34-40)41-29-31-50-49-24-12-15-27-54(49)57(55(50)35-41)52-25-13-10-22-47(52)48-23-11-14-26-53(48)57/h3-35H,1-2H3. The van der Waals surface area contributed by atoms with Gasteiger partial charge in [-0.05, 0) is 149 Å². The van der Waals surface area contributed by atoms with E-state index in [1.807, 2.05) is 0 Å². The zero-order chi connectivity index (χ0) is 38.5. The fourth-order valence-corrected chi connectivity index (χ4v) is 10.8. The maximum Gasteiger partial charge on any atom is 0.0726 e. The molecule has 10 aromatic rings. The van der Waals surface area contributed by atoms with Gasteiger partial charge in [0.2, 0.25) is 0 Å². The van der Waals surface area contributed by atoms with Crippen LogP contribution in [0.1, 0.15) is 33.4 Å². The summed E-state index contributed by atoms with van der Waals surface area (Å²) in [6.45, 7) is 4.56. The highest BCUT2D eigenvalue weighted by Crippen LogP contribution is 2.63. The van der Waals surface area contributed by atoms with Crippen molar-refractivity contribution in [2.75, 3.05) is 4.90 Å². The van der Waals surface area contributed by atoms with E-state index < -0.39 is 5.41 Å². The lowest BCUT2D eigenvalue weighted by Gasteiger charge is -2.33. The lowest BCUT2D eigenvalue weighted by Crippen LogP contribution is -2.26. The largest absolute Gasteiger partial charge is 0.310 e. The highest BCUT2D eigenvalue weighted by atomic mass is 15.1. The number of benzene rings is 10. The van der Waals surface area contributed by atoms with Gasteiger partial charge in [0.05, 0.1) is 11.1 Å². The third-order valence-electron chi connectivity index (χ3n) is 13.0. The molecule has 0 amide bonds. The van der Waals surface area contributed by atoms with Gasteiger partial charge in [0.15, 0.2) is 0 Å². The van der Waals surface area contributed by atoms with E-state index in [-0.39, 0.29) is 0 Å². The SMILES string of the molecule is Cc1cc(-c2ccccc2)cc(C)c1N(c1ccc2c(c1)C1(c3ccccc3-c3ccccc31)c1ccccc1-2)c1ccc2c3ccccc3c3ccccc3c2c1. The molecule has 0 unspecified atom stereocenters. The van der Waals surface area contributed by atoms with E-state index in [1.54, 1.807) is 0 Å². The Hall–Kier alpha value is -7.22. The molecule has 10 aromatic carbocycles. The Morgan fingerprint density at radius 1 is 0.310 bits per heavy atom. The highest BCUT2D eigenvalue weighted by Gasteiger charge is 2.51. The molecule has 0 aromatic heterocycles. The molecular formula is C57H39N. The minimum absolute atomic E-state index is 0.430. The van der Waals surface area contributed by atoms with Crippen LogP contribution in [0.15, 0.2) is 200 Å². The van der Waals surface area contributed by atoms with E-state index in [0.717, 1.165) is 11.4 Å². The van der Waals surface area contributed by atoms with Crippen molar-refractivity contribution >= 4 is 49.4 Å². The quantitative estimate of drug-likeness (QED) is 0.163. The predicted octanol–water partition coefficient (Wildman–Crippen LogP) is 15.2. The first-order chi connectivity index (χ1) is 28.6. The van der Waals surface area contributed by atoms with E-state index in [4.69, 9.17) is 0 Å². The van der Waals surface area contributed by atoms with Gasteiger partial charge in [0.25, 0.3) is 0 Å². The van der Waals surface area contributed by atoms with Gasteiger partial charge in [0, 0.05) is 11.4 Å². The monoisotopic (exact) mass is 737 g/mol. The van der Waals surface area contributed by atoms with Gasteiger partial charge in [-0.1, -0.05) is 164 Å². The zero-order valence-corrected chi connectivity index (χ0v) is 32.5. The zero-order valence-electron chi connectivity index (χ0n) is 32.5. The Bertz CT molecular complexity index is 3190. The van der Waals surface area contributed by atoms with Gasteiger partial charge in [0.1, 0.15) is 0 Å². The Morgan fingerprint density at radius 2 is 0.724 bits per heavy atom. The molecule has 2 aliphatic carbocycles. The van der Waals surface area contributed by atoms with Gasteiger partial charge in [-0.3, -0.25) is 0 Å². The van der Waals surface area contributed by atoms with E-state index >= 15 is 0 Å². The smallest absolute Gasteiger partial charge is 0.0726 e. The third-order valence-corrected chi connectivity index (χ3v) is 13.0. The van der Waals surface area contributed by atoms with E-state index in [0.29, 0.717) is 0 Å². The predicted molar refractivity (Wildman–Crippen MR) is 245 cm³/mol. The number of anilines is 3. The normalized spacial score (nSPS) is 13.1. The average Bonchev–Trinajstić information content (AvgIpc) is 3.75. The minimum atomic E-state index is -0.430. The Kier molecular flexibility index (Phi) is 7.04. The van der Waals surface area contributed by atoms with Crippen molar-refractivity contribution in [3.8, 4) is 33.4 Å². The maximum absolute atomic E-state index is 2.53. The summed E-state index contributed by atoms with van der Waals surface area (Å²) in [5.74, 6) is 0. The van der Waals surface area contributed by atoms with Crippen molar-refractivity contribution in [2.24, 2.45) is 0 Å². The summed E-state index contributed by atoms with van der Waals surface area (Å²) < 4.78 is 0. The third kappa shape index (κ3) is 4.47. The highest BCUT2D eigenvalue weighted by molar-refractivity contribution is 6.25. The Balaban J connectivity index is 1.16. The summed E-state index contributed by atoms with van der Waals surface area (Å²) >= 11 is 0. The molecule has 0 radical (unpaired) electrons. The van der Waals surface area contributed by atoms with Crippen LogP contribution < -0.4 is 4.90 Å². The molecule has 58 heavy (non-hydrogen) atoms. The van der Waals surface area contributed by atoms with Crippen LogP contribution in [0, 0.1) is 13.8 Å². The first-order valence-corrected chi connectivity index (χ1v) is 20.3. The van der Waals surface area contributed by atoms with Crippen molar-refractivity contribution in [3.63, 3.8) is 0 Å². The van der Waals surface area contributed by atoms with Gasteiger partial charge in [-0.25, -0.2) is 0 Å². The van der Waals surface area contributed by atoms with Crippen LogP contribution in [0.4, 0.5) is 17.1 Å². The first-order valence-electron chi connectivity index (χ1n) is 20.3. The minimum Gasteiger partial charge on any atom is -0.310 e. The summed E-state index contributed by atoms with van der Waals surface area (Å²) in [4.78, 5) is 2.53. The maximum atomic E-state index is 2.53. The molecule has 12 rings (SSSR count). The molecular weight excluding hydrogens is 699 g/mol. The Labute approximate surface area is 339 Å². The number of aryl methyl sites for hydroxylation is 2. The van der Waals surface area contributed by atoms with Crippen molar-refractivity contribution in [1.82, 2.24) is 0 Å². The lowest BCUT2D eigenvalue weighted by atomic mass is 9.70. The van der Waals surface area contributed by atoms with Crippen LogP contribution in [-0.4, -0.2) is 0 Å². The van der Waals surface area contributed by atoms with Crippen LogP contribution in [-0.2, 0) is 5.41 Å². The molecule has 1 heteroatoms. The van der Waals surface area contributed by atoms with Gasteiger partial charge >= 0.3 is 0 Å². The van der Waals surface area contributed by atoms with Crippen LogP contribution in [0.5, 0.6) is 0 Å². The molecule has 2 aliphatic rings. The van der Waals surface area contributed by atoms with Gasteiger partial charge in [-0.15, -0.1) is 0 Å². The molecule has 0 aliphatic heterocycles. The lowest BCUT2D eigenvalue weighted by molar-refractivity contribution is 0.793. The van der Waals surface area contributed by atoms with E-state index in [9.17, 15) is 0 Å². The fraction of sp³-hybridized carbons (Fsp3) is 0.0526. The summed E-state index contributed by atoms with van der Waals surface area (Å²) in [5.41, 5.74) is 18.7. The number of hydrogen-bond donors (Lipinski definition) is 0. The number of nitrogens with zero attached hydrogens (tertiary/aromatic N) is 1. The second kappa shape index (κ2) is 12.4. The number of rotatable bonds is 4. The van der Waals surface area contributed by atoms with Crippen molar-refractivity contribution in [1.29, 1.82) is 0 Å². The van der Waals surface area contributed by atoms with Gasteiger partial charge < -0.3 is 4.90 Å². The molecule has 0 saturated heterocycles. The topological polar surface area (TPSA) is 3.24 Å². The molecule has 272 valence electrons. The summed E-state index contributed by atoms with van der Waals surface area (Å²) in [6, 6.07) is 74.8. The first kappa shape index (κ1) is 33.0. The molecule has 0 N–H and O–H groups in total. The summed E-state index contributed by atoms with van der Waals surface area (Å²) in [7, 11) is 0. The number of fused-ring (bicyclic) bond motifs is 16. The molecule has 0 atom stereocenters. The van der Waals surface area contributed by atoms with Crippen LogP contribution in [0.2, 0.25) is 0 Å². The molecule has 0 fully saturated rings. The molecule has 0 saturated carbocycles. The van der Waals surface area contributed by atoms with Crippen LogP contribution in [0.25, 0.3) is 65.7 Å². The van der Waals surface area contributed by atoms with Gasteiger partial charge in [-0.2, -0.15) is 0 Å². The van der Waals surface area contributed by atoms with E-state index in [2.05, 4.69) is 219 Å². The molecule has 0 heterocycles. The van der Waals surface area contributed by atoms with Crippen molar-refractivity contribution in [2.45, 2.75) is 19.3 Å². The summed E-state index contributed by atoms with van der Waals surface area (Å²) in [6.07, 6.45) is 0. The fourth-order valence-electron chi connectivity index (χ4n) is 10.8. The second-order valence-corrected chi connectivity index (χ2v) is 16.1. The molecule has 1 nitrogen and oxygen atoms in total. The van der Waals surface area contributed by atoms with Crippen LogP contribution in [0.3, 0.4) is 0 Å². The molecule has 0 bridgehead atoms. The van der Waals surface area contributed by atoms with E-state index in [1.165, 1.54) is 105 Å². The second-order valence-electron chi connectivity index (χ2n) is 16.1. The Morgan fingerprint density at radius 3 is 1.28 bits per heavy atom.